The Kier molecular flexibility index (Phi) is 19.2. The van der Waals surface area contributed by atoms with Gasteiger partial charge in [0, 0.05) is 19.9 Å². The number of benzene rings is 3. The lowest BCUT2D eigenvalue weighted by Crippen LogP contribution is -2.43. The topological polar surface area (TPSA) is 172 Å². The Balaban J connectivity index is 0.000000462. The highest BCUT2D eigenvalue weighted by atomic mass is 16.5. The summed E-state index contributed by atoms with van der Waals surface area (Å²) < 4.78 is 15.0. The van der Waals surface area contributed by atoms with E-state index in [0.717, 1.165) is 17.5 Å². The van der Waals surface area contributed by atoms with E-state index in [-0.39, 0.29) is 37.3 Å². The van der Waals surface area contributed by atoms with Gasteiger partial charge in [-0.3, -0.25) is 14.4 Å². The Morgan fingerprint density at radius 1 is 0.673 bits per heavy atom. The van der Waals surface area contributed by atoms with Crippen molar-refractivity contribution in [3.63, 3.8) is 0 Å². The maximum absolute atomic E-state index is 12.4. The van der Waals surface area contributed by atoms with Crippen LogP contribution in [0.1, 0.15) is 49.8 Å². The highest BCUT2D eigenvalue weighted by molar-refractivity contribution is 5.94. The third-order valence-corrected chi connectivity index (χ3v) is 7.47. The summed E-state index contributed by atoms with van der Waals surface area (Å²) in [6.07, 6.45) is 2.50. The average Bonchev–Trinajstić information content (AvgIpc) is 3.09. The maximum Gasteiger partial charge on any atom is 0.408 e. The summed E-state index contributed by atoms with van der Waals surface area (Å²) in [4.78, 5) is 48.2. The van der Waals surface area contributed by atoms with Crippen molar-refractivity contribution in [3.8, 4) is 0 Å². The van der Waals surface area contributed by atoms with E-state index in [9.17, 15) is 19.2 Å². The van der Waals surface area contributed by atoms with E-state index in [1.54, 1.807) is 24.3 Å². The van der Waals surface area contributed by atoms with Gasteiger partial charge in [-0.1, -0.05) is 86.6 Å². The molecule has 0 saturated carbocycles. The van der Waals surface area contributed by atoms with Gasteiger partial charge in [0.1, 0.15) is 19.8 Å². The lowest BCUT2D eigenvalue weighted by Gasteiger charge is -2.17. The van der Waals surface area contributed by atoms with Crippen LogP contribution in [0.5, 0.6) is 0 Å². The smallest absolute Gasteiger partial charge is 0.408 e. The SMILES string of the molecule is COCC(=O)[C@@H](N)CCc1ccccc1.COCC(=O)[C@H](CCc1ccccc1)NC(=O)OCc1ccc(NC(=O)[C@@H](N)CC(C)C)cc1. The van der Waals surface area contributed by atoms with Gasteiger partial charge in [0.2, 0.25) is 5.91 Å². The molecule has 49 heavy (non-hydrogen) atoms. The molecule has 0 bridgehead atoms. The van der Waals surface area contributed by atoms with Crippen molar-refractivity contribution in [2.45, 2.75) is 70.7 Å². The third kappa shape index (κ3) is 17.0. The maximum atomic E-state index is 12.4. The summed E-state index contributed by atoms with van der Waals surface area (Å²) in [6, 6.07) is 25.0. The normalized spacial score (nSPS) is 12.6. The second kappa shape index (κ2) is 23.0. The van der Waals surface area contributed by atoms with Crippen molar-refractivity contribution >= 4 is 29.3 Å². The molecule has 2 amide bonds. The number of nitrogens with two attached hydrogens (primary N) is 2. The number of nitrogens with one attached hydrogen (secondary N) is 2. The first kappa shape index (κ1) is 40.8. The van der Waals surface area contributed by atoms with Gasteiger partial charge in [0.05, 0.1) is 18.1 Å². The van der Waals surface area contributed by atoms with Crippen LogP contribution in [0, 0.1) is 5.92 Å². The van der Waals surface area contributed by atoms with Gasteiger partial charge in [-0.25, -0.2) is 4.79 Å². The summed E-state index contributed by atoms with van der Waals surface area (Å²) >= 11 is 0. The van der Waals surface area contributed by atoms with Gasteiger partial charge in [-0.2, -0.15) is 0 Å². The van der Waals surface area contributed by atoms with Crippen molar-refractivity contribution < 1.29 is 33.4 Å². The molecule has 0 aliphatic rings. The minimum atomic E-state index is -0.708. The van der Waals surface area contributed by atoms with Crippen molar-refractivity contribution in [2.24, 2.45) is 17.4 Å². The summed E-state index contributed by atoms with van der Waals surface area (Å²) in [5.74, 6) is -0.159. The minimum Gasteiger partial charge on any atom is -0.445 e. The summed E-state index contributed by atoms with van der Waals surface area (Å²) in [6.45, 7) is 4.06. The molecule has 266 valence electrons. The zero-order valence-corrected chi connectivity index (χ0v) is 29.1. The van der Waals surface area contributed by atoms with Crippen LogP contribution < -0.4 is 22.1 Å². The standard InChI is InChI=1S/C26H35N3O5.C12H17NO2/c1-18(2)15-22(27)25(31)28-21-12-9-20(10-13-21)16-34-26(32)29-23(24(30)17-33-3)14-11-19-7-5-4-6-8-19;1-15-9-12(14)11(13)8-7-10-5-3-2-4-6-10/h4-10,12-13,18,22-23H,11,14-17,27H2,1-3H3,(H,28,31)(H,29,32);2-6,11H,7-9,13H2,1H3/t22-,23-;11-/m00/s1. The number of hydrogen-bond donors (Lipinski definition) is 4. The molecule has 3 atom stereocenters. The largest absolute Gasteiger partial charge is 0.445 e. The molecule has 0 unspecified atom stereocenters. The summed E-state index contributed by atoms with van der Waals surface area (Å²) in [5, 5.41) is 5.43. The van der Waals surface area contributed by atoms with E-state index in [1.807, 2.05) is 74.5 Å². The molecular weight excluding hydrogens is 624 g/mol. The molecule has 0 aromatic heterocycles. The van der Waals surface area contributed by atoms with Gasteiger partial charge in [0.15, 0.2) is 11.6 Å². The molecule has 3 aromatic rings. The number of hydrogen-bond acceptors (Lipinski definition) is 9. The first-order valence-electron chi connectivity index (χ1n) is 16.5. The highest BCUT2D eigenvalue weighted by Gasteiger charge is 2.21. The number of carbonyl (C=O) groups is 4. The second-order valence-corrected chi connectivity index (χ2v) is 12.1. The number of carbonyl (C=O) groups excluding carboxylic acids is 4. The summed E-state index contributed by atoms with van der Waals surface area (Å²) in [7, 11) is 2.94. The van der Waals surface area contributed by atoms with Crippen LogP contribution in [0.25, 0.3) is 0 Å². The molecule has 3 aromatic carbocycles. The first-order chi connectivity index (χ1) is 23.5. The quantitative estimate of drug-likeness (QED) is 0.142. The van der Waals surface area contributed by atoms with Crippen LogP contribution in [-0.2, 0) is 48.0 Å². The van der Waals surface area contributed by atoms with Crippen molar-refractivity contribution in [2.75, 3.05) is 32.8 Å². The molecular formula is C38H52N4O7. The Bertz CT molecular complexity index is 1400. The number of rotatable bonds is 19. The molecule has 3 rings (SSSR count). The van der Waals surface area contributed by atoms with Crippen LogP contribution in [0.15, 0.2) is 84.9 Å². The van der Waals surface area contributed by atoms with E-state index in [2.05, 4.69) is 10.6 Å². The van der Waals surface area contributed by atoms with E-state index in [4.69, 9.17) is 25.7 Å². The molecule has 0 saturated heterocycles. The molecule has 0 aliphatic carbocycles. The van der Waals surface area contributed by atoms with E-state index in [0.29, 0.717) is 37.3 Å². The van der Waals surface area contributed by atoms with Crippen LogP contribution in [-0.4, -0.2) is 69.1 Å². The van der Waals surface area contributed by atoms with Crippen molar-refractivity contribution in [1.82, 2.24) is 5.32 Å². The molecule has 0 aliphatic heterocycles. The number of anilines is 1. The lowest BCUT2D eigenvalue weighted by molar-refractivity contribution is -0.125. The zero-order chi connectivity index (χ0) is 36.0. The fraction of sp³-hybridized carbons (Fsp3) is 0.421. The lowest BCUT2D eigenvalue weighted by atomic mass is 10.0. The molecule has 0 spiro atoms. The molecule has 11 heteroatoms. The highest BCUT2D eigenvalue weighted by Crippen LogP contribution is 2.13. The second-order valence-electron chi connectivity index (χ2n) is 12.1. The number of Topliss-reactive ketones (excluding diaryl/α,β-unsaturated/α-hetero) is 2. The number of methoxy groups -OCH3 is 2. The van der Waals surface area contributed by atoms with E-state index < -0.39 is 24.2 Å². The van der Waals surface area contributed by atoms with Crippen LogP contribution in [0.2, 0.25) is 0 Å². The number of ketones is 2. The van der Waals surface area contributed by atoms with Crippen LogP contribution in [0.3, 0.4) is 0 Å². The number of alkyl carbamates (subject to hydrolysis) is 1. The Labute approximate surface area is 290 Å². The predicted molar refractivity (Wildman–Crippen MR) is 191 cm³/mol. The monoisotopic (exact) mass is 676 g/mol. The fourth-order valence-corrected chi connectivity index (χ4v) is 4.76. The number of aryl methyl sites for hydroxylation is 2. The molecule has 11 nitrogen and oxygen atoms in total. The zero-order valence-electron chi connectivity index (χ0n) is 29.1. The van der Waals surface area contributed by atoms with Gasteiger partial charge in [-0.15, -0.1) is 0 Å². The molecule has 0 fully saturated rings. The van der Waals surface area contributed by atoms with Crippen LogP contribution >= 0.6 is 0 Å². The van der Waals surface area contributed by atoms with Gasteiger partial charge in [0.25, 0.3) is 0 Å². The minimum absolute atomic E-state index is 0.0246. The number of ether oxygens (including phenoxy) is 3. The van der Waals surface area contributed by atoms with E-state index >= 15 is 0 Å². The molecule has 0 radical (unpaired) electrons. The van der Waals surface area contributed by atoms with Gasteiger partial charge in [-0.05, 0) is 66.8 Å². The average molecular weight is 677 g/mol. The Morgan fingerprint density at radius 3 is 1.73 bits per heavy atom. The number of amides is 2. The summed E-state index contributed by atoms with van der Waals surface area (Å²) in [5.41, 5.74) is 15.3. The van der Waals surface area contributed by atoms with Gasteiger partial charge < -0.3 is 36.3 Å². The molecule has 6 N–H and O–H groups in total. The molecule has 0 heterocycles. The Morgan fingerprint density at radius 2 is 1.20 bits per heavy atom. The first-order valence-corrected chi connectivity index (χ1v) is 16.5. The van der Waals surface area contributed by atoms with Crippen molar-refractivity contribution in [3.05, 3.63) is 102 Å². The van der Waals surface area contributed by atoms with Gasteiger partial charge >= 0.3 is 6.09 Å². The Hall–Kier alpha value is -4.42. The van der Waals surface area contributed by atoms with E-state index in [1.165, 1.54) is 19.8 Å². The van der Waals surface area contributed by atoms with Crippen molar-refractivity contribution in [1.29, 1.82) is 0 Å². The third-order valence-electron chi connectivity index (χ3n) is 7.47. The predicted octanol–water partition coefficient (Wildman–Crippen LogP) is 4.60. The fourth-order valence-electron chi connectivity index (χ4n) is 4.76. The van der Waals surface area contributed by atoms with Crippen LogP contribution in [0.4, 0.5) is 10.5 Å².